The highest BCUT2D eigenvalue weighted by atomic mass is 19.1. The van der Waals surface area contributed by atoms with Crippen molar-refractivity contribution < 1.29 is 23.8 Å². The van der Waals surface area contributed by atoms with Crippen LogP contribution in [-0.4, -0.2) is 24.3 Å². The second-order valence-corrected chi connectivity index (χ2v) is 4.35. The minimum atomic E-state index is -1.17. The average molecular weight is 274 g/mol. The van der Waals surface area contributed by atoms with Gasteiger partial charge in [0.25, 0.3) is 0 Å². The highest BCUT2D eigenvalue weighted by molar-refractivity contribution is 5.96. The van der Waals surface area contributed by atoms with E-state index in [1.54, 1.807) is 18.2 Å². The molecule has 20 heavy (non-hydrogen) atoms. The summed E-state index contributed by atoms with van der Waals surface area (Å²) in [6, 6.07) is 8.84. The van der Waals surface area contributed by atoms with Gasteiger partial charge in [0.2, 0.25) is 0 Å². The Hall–Kier alpha value is -2.56. The summed E-state index contributed by atoms with van der Waals surface area (Å²) in [5, 5.41) is 9.17. The van der Waals surface area contributed by atoms with Crippen molar-refractivity contribution in [3.63, 3.8) is 0 Å². The summed E-state index contributed by atoms with van der Waals surface area (Å²) in [6.07, 6.45) is 0. The molecule has 0 spiro atoms. The van der Waals surface area contributed by atoms with Crippen LogP contribution in [0.4, 0.5) is 4.39 Å². The van der Waals surface area contributed by atoms with Crippen molar-refractivity contribution in [2.45, 2.75) is 0 Å². The lowest BCUT2D eigenvalue weighted by Crippen LogP contribution is -2.15. The van der Waals surface area contributed by atoms with Crippen molar-refractivity contribution >= 4 is 5.97 Å². The zero-order valence-corrected chi connectivity index (χ0v) is 10.4. The highest BCUT2D eigenvalue weighted by Crippen LogP contribution is 2.35. The molecule has 2 aromatic carbocycles. The van der Waals surface area contributed by atoms with Gasteiger partial charge in [-0.3, -0.25) is 0 Å². The van der Waals surface area contributed by atoms with E-state index in [0.29, 0.717) is 35.8 Å². The maximum atomic E-state index is 13.2. The van der Waals surface area contributed by atoms with E-state index in [0.717, 1.165) is 6.07 Å². The van der Waals surface area contributed by atoms with Crippen molar-refractivity contribution in [3.8, 4) is 22.6 Å². The molecule has 1 N–H and O–H groups in total. The molecule has 4 nitrogen and oxygen atoms in total. The van der Waals surface area contributed by atoms with Crippen LogP contribution in [0.25, 0.3) is 11.1 Å². The SMILES string of the molecule is O=C(O)c1cc(F)ccc1-c1ccc2c(c1)OCCO2. The third-order valence-corrected chi connectivity index (χ3v) is 3.07. The molecule has 0 saturated carbocycles. The Morgan fingerprint density at radius 3 is 2.55 bits per heavy atom. The van der Waals surface area contributed by atoms with Crippen LogP contribution < -0.4 is 9.47 Å². The molecule has 0 unspecified atom stereocenters. The predicted octanol–water partition coefficient (Wildman–Crippen LogP) is 2.96. The first-order chi connectivity index (χ1) is 9.65. The predicted molar refractivity (Wildman–Crippen MR) is 69.8 cm³/mol. The van der Waals surface area contributed by atoms with E-state index in [2.05, 4.69) is 0 Å². The van der Waals surface area contributed by atoms with Crippen LogP contribution in [0.15, 0.2) is 36.4 Å². The number of aromatic carboxylic acids is 1. The molecule has 0 radical (unpaired) electrons. The fourth-order valence-corrected chi connectivity index (χ4v) is 2.16. The normalized spacial score (nSPS) is 13.1. The van der Waals surface area contributed by atoms with Crippen LogP contribution in [0.3, 0.4) is 0 Å². The highest BCUT2D eigenvalue weighted by Gasteiger charge is 2.16. The average Bonchev–Trinajstić information content (AvgIpc) is 2.46. The summed E-state index contributed by atoms with van der Waals surface area (Å²) in [4.78, 5) is 11.2. The number of rotatable bonds is 2. The molecule has 0 fully saturated rings. The zero-order chi connectivity index (χ0) is 14.1. The molecule has 1 aliphatic heterocycles. The standard InChI is InChI=1S/C15H11FO4/c16-10-2-3-11(12(8-10)15(17)18)9-1-4-13-14(7-9)20-6-5-19-13/h1-4,7-8H,5-6H2,(H,17,18). The Labute approximate surface area is 114 Å². The van der Waals surface area contributed by atoms with Crippen LogP contribution in [0.5, 0.6) is 11.5 Å². The number of hydrogen-bond acceptors (Lipinski definition) is 3. The quantitative estimate of drug-likeness (QED) is 0.914. The van der Waals surface area contributed by atoms with Gasteiger partial charge in [0.15, 0.2) is 11.5 Å². The lowest BCUT2D eigenvalue weighted by Gasteiger charge is -2.19. The van der Waals surface area contributed by atoms with E-state index >= 15 is 0 Å². The summed E-state index contributed by atoms with van der Waals surface area (Å²) in [7, 11) is 0. The van der Waals surface area contributed by atoms with Gasteiger partial charge in [0, 0.05) is 0 Å². The van der Waals surface area contributed by atoms with E-state index in [4.69, 9.17) is 14.6 Å². The Kier molecular flexibility index (Phi) is 3.02. The molecule has 1 aliphatic rings. The Bertz CT molecular complexity index is 682. The second-order valence-electron chi connectivity index (χ2n) is 4.35. The maximum absolute atomic E-state index is 13.2. The first-order valence-electron chi connectivity index (χ1n) is 6.08. The van der Waals surface area contributed by atoms with E-state index in [1.807, 2.05) is 0 Å². The zero-order valence-electron chi connectivity index (χ0n) is 10.4. The number of fused-ring (bicyclic) bond motifs is 1. The van der Waals surface area contributed by atoms with Crippen LogP contribution in [0, 0.1) is 5.82 Å². The molecule has 0 atom stereocenters. The van der Waals surface area contributed by atoms with Crippen molar-refractivity contribution in [2.75, 3.05) is 13.2 Å². The molecule has 0 saturated heterocycles. The molecule has 1 heterocycles. The van der Waals surface area contributed by atoms with Gasteiger partial charge in [0.1, 0.15) is 19.0 Å². The summed E-state index contributed by atoms with van der Waals surface area (Å²) < 4.78 is 24.1. The summed E-state index contributed by atoms with van der Waals surface area (Å²) in [6.45, 7) is 0.939. The van der Waals surface area contributed by atoms with Crippen LogP contribution in [0.1, 0.15) is 10.4 Å². The Balaban J connectivity index is 2.11. The fourth-order valence-electron chi connectivity index (χ4n) is 2.16. The number of carboxylic acids is 1. The van der Waals surface area contributed by atoms with Gasteiger partial charge in [-0.2, -0.15) is 0 Å². The lowest BCUT2D eigenvalue weighted by molar-refractivity contribution is 0.0697. The maximum Gasteiger partial charge on any atom is 0.336 e. The summed E-state index contributed by atoms with van der Waals surface area (Å²) >= 11 is 0. The lowest BCUT2D eigenvalue weighted by atomic mass is 9.99. The number of carbonyl (C=O) groups is 1. The molecule has 2 aromatic rings. The number of carboxylic acid groups (broad SMARTS) is 1. The molecule has 0 aromatic heterocycles. The molecular weight excluding hydrogens is 263 g/mol. The van der Waals surface area contributed by atoms with Crippen molar-refractivity contribution in [1.82, 2.24) is 0 Å². The topological polar surface area (TPSA) is 55.8 Å². The Morgan fingerprint density at radius 1 is 1.05 bits per heavy atom. The van der Waals surface area contributed by atoms with Gasteiger partial charge in [-0.15, -0.1) is 0 Å². The molecule has 5 heteroatoms. The van der Waals surface area contributed by atoms with Gasteiger partial charge >= 0.3 is 5.97 Å². The van der Waals surface area contributed by atoms with E-state index < -0.39 is 11.8 Å². The first-order valence-corrected chi connectivity index (χ1v) is 6.08. The smallest absolute Gasteiger partial charge is 0.336 e. The van der Waals surface area contributed by atoms with Crippen LogP contribution in [-0.2, 0) is 0 Å². The van der Waals surface area contributed by atoms with Gasteiger partial charge in [0.05, 0.1) is 5.56 Å². The third kappa shape index (κ3) is 2.18. The number of halogens is 1. The van der Waals surface area contributed by atoms with Gasteiger partial charge in [-0.25, -0.2) is 9.18 Å². The minimum Gasteiger partial charge on any atom is -0.486 e. The van der Waals surface area contributed by atoms with E-state index in [1.165, 1.54) is 12.1 Å². The third-order valence-electron chi connectivity index (χ3n) is 3.07. The van der Waals surface area contributed by atoms with E-state index in [-0.39, 0.29) is 5.56 Å². The van der Waals surface area contributed by atoms with Crippen LogP contribution in [0.2, 0.25) is 0 Å². The van der Waals surface area contributed by atoms with Crippen molar-refractivity contribution in [1.29, 1.82) is 0 Å². The second kappa shape index (κ2) is 4.85. The Morgan fingerprint density at radius 2 is 1.80 bits per heavy atom. The summed E-state index contributed by atoms with van der Waals surface area (Å²) in [5.41, 5.74) is 1.00. The fraction of sp³-hybridized carbons (Fsp3) is 0.133. The summed E-state index contributed by atoms with van der Waals surface area (Å²) in [5.74, 6) is -0.563. The van der Waals surface area contributed by atoms with Gasteiger partial charge in [-0.05, 0) is 35.4 Å². The number of ether oxygens (including phenoxy) is 2. The molecule has 0 bridgehead atoms. The van der Waals surface area contributed by atoms with E-state index in [9.17, 15) is 9.18 Å². The van der Waals surface area contributed by atoms with Crippen molar-refractivity contribution in [2.24, 2.45) is 0 Å². The molecule has 0 aliphatic carbocycles. The number of hydrogen-bond donors (Lipinski definition) is 1. The van der Waals surface area contributed by atoms with Crippen LogP contribution >= 0.6 is 0 Å². The molecule has 102 valence electrons. The largest absolute Gasteiger partial charge is 0.486 e. The number of benzene rings is 2. The minimum absolute atomic E-state index is 0.0818. The van der Waals surface area contributed by atoms with Crippen molar-refractivity contribution in [3.05, 3.63) is 47.8 Å². The molecular formula is C15H11FO4. The monoisotopic (exact) mass is 274 g/mol. The van der Waals surface area contributed by atoms with Gasteiger partial charge < -0.3 is 14.6 Å². The van der Waals surface area contributed by atoms with Gasteiger partial charge in [-0.1, -0.05) is 12.1 Å². The molecule has 0 amide bonds. The first kappa shape index (κ1) is 12.5. The molecule has 3 rings (SSSR count).